The molecule has 80 valence electrons. The fourth-order valence-electron chi connectivity index (χ4n) is 1.13. The van der Waals surface area contributed by atoms with Gasteiger partial charge in [0.05, 0.1) is 17.7 Å². The van der Waals surface area contributed by atoms with Gasteiger partial charge in [0.2, 0.25) is 0 Å². The summed E-state index contributed by atoms with van der Waals surface area (Å²) in [6, 6.07) is 2.94. The number of carbonyl (C=O) groups is 2. The molecule has 0 atom stereocenters. The number of ketones is 1. The average Bonchev–Trinajstić information content (AvgIpc) is 2.20. The molecule has 4 nitrogen and oxygen atoms in total. The lowest BCUT2D eigenvalue weighted by Crippen LogP contribution is -2.13. The number of Topliss-reactive ketones (excluding diaryl/α,β-unsaturated/α-hetero) is 1. The maximum atomic E-state index is 11.2. The molecule has 15 heavy (non-hydrogen) atoms. The van der Waals surface area contributed by atoms with Crippen LogP contribution in [0.3, 0.4) is 0 Å². The molecule has 0 spiro atoms. The average molecular weight is 229 g/mol. The third-order valence-corrected chi connectivity index (χ3v) is 2.40. The van der Waals surface area contributed by atoms with Gasteiger partial charge in [0.1, 0.15) is 5.75 Å². The van der Waals surface area contributed by atoms with Crippen molar-refractivity contribution in [2.75, 3.05) is 7.11 Å². The van der Waals surface area contributed by atoms with Crippen molar-refractivity contribution in [3.63, 3.8) is 0 Å². The molecule has 0 aliphatic heterocycles. The Morgan fingerprint density at radius 3 is 2.47 bits per heavy atom. The molecule has 1 N–H and O–H groups in total. The Kier molecular flexibility index (Phi) is 3.31. The summed E-state index contributed by atoms with van der Waals surface area (Å²) in [5.41, 5.74) is 0.543. The van der Waals surface area contributed by atoms with Gasteiger partial charge >= 0.3 is 5.97 Å². The minimum Gasteiger partial charge on any atom is -0.497 e. The van der Waals surface area contributed by atoms with E-state index in [4.69, 9.17) is 21.4 Å². The first-order valence-electron chi connectivity index (χ1n) is 4.09. The Morgan fingerprint density at radius 1 is 1.40 bits per heavy atom. The molecule has 0 aromatic heterocycles. The number of aryl methyl sites for hydroxylation is 1. The highest BCUT2D eigenvalue weighted by Crippen LogP contribution is 2.26. The molecular weight excluding hydrogens is 220 g/mol. The topological polar surface area (TPSA) is 63.6 Å². The summed E-state index contributed by atoms with van der Waals surface area (Å²) < 4.78 is 4.92. The van der Waals surface area contributed by atoms with Gasteiger partial charge in [0.15, 0.2) is 0 Å². The van der Waals surface area contributed by atoms with E-state index in [9.17, 15) is 9.59 Å². The number of carbonyl (C=O) groups excluding carboxylic acids is 1. The lowest BCUT2D eigenvalue weighted by molar-refractivity contribution is -0.131. The van der Waals surface area contributed by atoms with Gasteiger partial charge in [-0.25, -0.2) is 4.79 Å². The van der Waals surface area contributed by atoms with Crippen molar-refractivity contribution in [1.29, 1.82) is 0 Å². The quantitative estimate of drug-likeness (QED) is 0.634. The fraction of sp³-hybridized carbons (Fsp3) is 0.200. The Hall–Kier alpha value is -1.55. The van der Waals surface area contributed by atoms with Crippen molar-refractivity contribution >= 4 is 23.4 Å². The summed E-state index contributed by atoms with van der Waals surface area (Å²) in [5, 5.41) is 8.71. The van der Waals surface area contributed by atoms with E-state index in [2.05, 4.69) is 0 Å². The number of halogens is 1. The number of carboxylic acids is 1. The molecule has 1 rings (SSSR count). The largest absolute Gasteiger partial charge is 0.497 e. The zero-order valence-corrected chi connectivity index (χ0v) is 8.96. The van der Waals surface area contributed by atoms with Crippen LogP contribution < -0.4 is 4.74 Å². The molecular formula is C10H9ClO4. The molecule has 0 aliphatic rings. The Morgan fingerprint density at radius 2 is 2.00 bits per heavy atom. The third-order valence-electron chi connectivity index (χ3n) is 1.90. The number of ether oxygens (including phenoxy) is 1. The van der Waals surface area contributed by atoms with Crippen LogP contribution in [0.2, 0.25) is 5.02 Å². The SMILES string of the molecule is COc1cc(C)c(Cl)c(C(=O)C(=O)O)c1. The first kappa shape index (κ1) is 11.5. The van der Waals surface area contributed by atoms with Crippen molar-refractivity contribution in [2.24, 2.45) is 0 Å². The van der Waals surface area contributed by atoms with Gasteiger partial charge in [0.25, 0.3) is 5.78 Å². The van der Waals surface area contributed by atoms with Crippen LogP contribution in [-0.2, 0) is 4.79 Å². The molecule has 0 aliphatic carbocycles. The number of methoxy groups -OCH3 is 1. The van der Waals surface area contributed by atoms with E-state index in [1.807, 2.05) is 0 Å². The summed E-state index contributed by atoms with van der Waals surface area (Å²) in [6.07, 6.45) is 0. The Balaban J connectivity index is 3.34. The van der Waals surface area contributed by atoms with Crippen LogP contribution in [0.15, 0.2) is 12.1 Å². The molecule has 0 bridgehead atoms. The molecule has 0 fully saturated rings. The van der Waals surface area contributed by atoms with Gasteiger partial charge in [0, 0.05) is 0 Å². The molecule has 0 saturated heterocycles. The summed E-state index contributed by atoms with van der Waals surface area (Å²) >= 11 is 5.82. The highest BCUT2D eigenvalue weighted by atomic mass is 35.5. The predicted octanol–water partition coefficient (Wildman–Crippen LogP) is 1.92. The number of benzene rings is 1. The monoisotopic (exact) mass is 228 g/mol. The number of hydrogen-bond acceptors (Lipinski definition) is 3. The van der Waals surface area contributed by atoms with Crippen molar-refractivity contribution in [1.82, 2.24) is 0 Å². The van der Waals surface area contributed by atoms with Crippen LogP contribution >= 0.6 is 11.6 Å². The zero-order chi connectivity index (χ0) is 11.6. The third kappa shape index (κ3) is 2.27. The van der Waals surface area contributed by atoms with Crippen LogP contribution in [0.1, 0.15) is 15.9 Å². The second-order valence-corrected chi connectivity index (χ2v) is 3.32. The van der Waals surface area contributed by atoms with Gasteiger partial charge in [-0.05, 0) is 24.6 Å². The van der Waals surface area contributed by atoms with Crippen molar-refractivity contribution in [2.45, 2.75) is 6.92 Å². The van der Waals surface area contributed by atoms with E-state index in [1.165, 1.54) is 13.2 Å². The molecule has 0 amide bonds. The lowest BCUT2D eigenvalue weighted by atomic mass is 10.1. The predicted molar refractivity (Wildman–Crippen MR) is 54.7 cm³/mol. The molecule has 1 aromatic rings. The highest BCUT2D eigenvalue weighted by molar-refractivity contribution is 6.45. The van der Waals surface area contributed by atoms with Crippen LogP contribution in [0, 0.1) is 6.92 Å². The highest BCUT2D eigenvalue weighted by Gasteiger charge is 2.20. The maximum absolute atomic E-state index is 11.2. The van der Waals surface area contributed by atoms with Crippen molar-refractivity contribution < 1.29 is 19.4 Å². The molecule has 0 saturated carbocycles. The number of rotatable bonds is 3. The summed E-state index contributed by atoms with van der Waals surface area (Å²) in [6.45, 7) is 1.67. The molecule has 0 heterocycles. The summed E-state index contributed by atoms with van der Waals surface area (Å²) in [4.78, 5) is 21.8. The van der Waals surface area contributed by atoms with Crippen molar-refractivity contribution in [3.05, 3.63) is 28.3 Å². The van der Waals surface area contributed by atoms with Crippen molar-refractivity contribution in [3.8, 4) is 5.75 Å². The van der Waals surface area contributed by atoms with Crippen LogP contribution in [0.5, 0.6) is 5.75 Å². The second-order valence-electron chi connectivity index (χ2n) is 2.94. The molecule has 0 radical (unpaired) electrons. The standard InChI is InChI=1S/C10H9ClO4/c1-5-3-6(15-2)4-7(8(5)11)9(12)10(13)14/h3-4H,1-2H3,(H,13,14). The van der Waals surface area contributed by atoms with E-state index < -0.39 is 11.8 Å². The number of carboxylic acid groups (broad SMARTS) is 1. The second kappa shape index (κ2) is 4.31. The van der Waals surface area contributed by atoms with E-state index in [1.54, 1.807) is 13.0 Å². The van der Waals surface area contributed by atoms with Gasteiger partial charge in [-0.1, -0.05) is 11.6 Å². The van der Waals surface area contributed by atoms with Crippen LogP contribution in [-0.4, -0.2) is 24.0 Å². The molecule has 0 unspecified atom stereocenters. The van der Waals surface area contributed by atoms with E-state index >= 15 is 0 Å². The molecule has 1 aromatic carbocycles. The first-order chi connectivity index (χ1) is 6.97. The van der Waals surface area contributed by atoms with Gasteiger partial charge in [-0.15, -0.1) is 0 Å². The van der Waals surface area contributed by atoms with E-state index in [-0.39, 0.29) is 10.6 Å². The maximum Gasteiger partial charge on any atom is 0.377 e. The fourth-order valence-corrected chi connectivity index (χ4v) is 1.33. The smallest absolute Gasteiger partial charge is 0.377 e. The van der Waals surface area contributed by atoms with Gasteiger partial charge < -0.3 is 9.84 Å². The Bertz CT molecular complexity index is 426. The number of hydrogen-bond donors (Lipinski definition) is 1. The van der Waals surface area contributed by atoms with Gasteiger partial charge in [-0.2, -0.15) is 0 Å². The Labute approximate surface area is 91.4 Å². The normalized spacial score (nSPS) is 9.80. The first-order valence-corrected chi connectivity index (χ1v) is 4.47. The van der Waals surface area contributed by atoms with Gasteiger partial charge in [-0.3, -0.25) is 4.79 Å². The van der Waals surface area contributed by atoms with E-state index in [0.29, 0.717) is 11.3 Å². The summed E-state index contributed by atoms with van der Waals surface area (Å²) in [7, 11) is 1.43. The lowest BCUT2D eigenvalue weighted by Gasteiger charge is -2.07. The van der Waals surface area contributed by atoms with Crippen LogP contribution in [0.25, 0.3) is 0 Å². The van der Waals surface area contributed by atoms with E-state index in [0.717, 1.165) is 0 Å². The minimum absolute atomic E-state index is 0.0546. The number of aliphatic carboxylic acids is 1. The summed E-state index contributed by atoms with van der Waals surface area (Å²) in [5.74, 6) is -2.17. The molecule has 5 heteroatoms. The minimum atomic E-state index is -1.54. The zero-order valence-electron chi connectivity index (χ0n) is 8.20. The van der Waals surface area contributed by atoms with Crippen LogP contribution in [0.4, 0.5) is 0 Å².